The summed E-state index contributed by atoms with van der Waals surface area (Å²) in [6, 6.07) is 6.60. The van der Waals surface area contributed by atoms with E-state index in [0.29, 0.717) is 0 Å². The fourth-order valence-corrected chi connectivity index (χ4v) is 2.86. The summed E-state index contributed by atoms with van der Waals surface area (Å²) >= 11 is 3.46. The van der Waals surface area contributed by atoms with E-state index in [1.54, 1.807) is 6.20 Å². The highest BCUT2D eigenvalue weighted by atomic mass is 79.9. The molecule has 2 heterocycles. The molecule has 0 saturated carbocycles. The van der Waals surface area contributed by atoms with E-state index in [9.17, 15) is 4.39 Å². The third-order valence-electron chi connectivity index (χ3n) is 3.52. The summed E-state index contributed by atoms with van der Waals surface area (Å²) in [5, 5.41) is 0. The van der Waals surface area contributed by atoms with Crippen LogP contribution in [0.15, 0.2) is 34.9 Å². The molecule has 1 aliphatic heterocycles. The fourth-order valence-electron chi connectivity index (χ4n) is 2.42. The van der Waals surface area contributed by atoms with Gasteiger partial charge >= 0.3 is 0 Å². The van der Waals surface area contributed by atoms with Gasteiger partial charge in [0.05, 0.1) is 4.47 Å². The molecular weight excluding hydrogens is 337 g/mol. The predicted octanol–water partition coefficient (Wildman–Crippen LogP) is 2.29. The summed E-state index contributed by atoms with van der Waals surface area (Å²) in [7, 11) is 0. The average molecular weight is 352 g/mol. The number of nitrogens with zero attached hydrogens (tertiary/aromatic N) is 4. The Balaban J connectivity index is 1.70. The van der Waals surface area contributed by atoms with Crippen molar-refractivity contribution in [2.45, 2.75) is 0 Å². The third-order valence-corrected chi connectivity index (χ3v) is 4.07. The molecule has 1 saturated heterocycles. The third kappa shape index (κ3) is 3.07. The summed E-state index contributed by atoms with van der Waals surface area (Å²) in [5.41, 5.74) is 6.69. The largest absolute Gasteiger partial charge is 0.368 e. The van der Waals surface area contributed by atoms with Gasteiger partial charge in [-0.05, 0) is 40.2 Å². The topological polar surface area (TPSA) is 58.3 Å². The normalized spacial score (nSPS) is 15.3. The van der Waals surface area contributed by atoms with Gasteiger partial charge in [-0.1, -0.05) is 0 Å². The van der Waals surface area contributed by atoms with Crippen LogP contribution in [-0.4, -0.2) is 36.1 Å². The Labute approximate surface area is 130 Å². The van der Waals surface area contributed by atoms with E-state index >= 15 is 0 Å². The van der Waals surface area contributed by atoms with Crippen molar-refractivity contribution in [3.63, 3.8) is 0 Å². The van der Waals surface area contributed by atoms with E-state index in [0.717, 1.165) is 42.2 Å². The number of hydrogen-bond donors (Lipinski definition) is 1. The lowest BCUT2D eigenvalue weighted by molar-refractivity contribution is 0.624. The van der Waals surface area contributed by atoms with Crippen molar-refractivity contribution in [1.29, 1.82) is 0 Å². The first-order valence-electron chi connectivity index (χ1n) is 6.67. The van der Waals surface area contributed by atoms with E-state index in [1.807, 2.05) is 12.1 Å². The molecule has 1 aromatic carbocycles. The lowest BCUT2D eigenvalue weighted by Gasteiger charge is -2.37. The molecule has 0 unspecified atom stereocenters. The molecular formula is C14H15BrFN5. The standard InChI is InChI=1S/C14H15BrFN5/c15-12-9-18-14(17)19-13(12)21-7-5-20(6-8-21)11-3-1-10(16)2-4-11/h1-4,9H,5-8H2,(H2,17,18,19). The Morgan fingerprint density at radius 3 is 2.33 bits per heavy atom. The van der Waals surface area contributed by atoms with Gasteiger partial charge in [0.25, 0.3) is 0 Å². The van der Waals surface area contributed by atoms with Crippen LogP contribution in [0.5, 0.6) is 0 Å². The van der Waals surface area contributed by atoms with Crippen molar-refractivity contribution in [3.8, 4) is 0 Å². The highest BCUT2D eigenvalue weighted by Crippen LogP contribution is 2.26. The Morgan fingerprint density at radius 2 is 1.67 bits per heavy atom. The first-order valence-corrected chi connectivity index (χ1v) is 7.46. The van der Waals surface area contributed by atoms with E-state index in [2.05, 4.69) is 35.7 Å². The van der Waals surface area contributed by atoms with Gasteiger partial charge in [-0.25, -0.2) is 9.37 Å². The van der Waals surface area contributed by atoms with E-state index in [1.165, 1.54) is 12.1 Å². The molecule has 3 rings (SSSR count). The van der Waals surface area contributed by atoms with Crippen molar-refractivity contribution < 1.29 is 4.39 Å². The van der Waals surface area contributed by atoms with Gasteiger partial charge in [0, 0.05) is 38.1 Å². The Kier molecular flexibility index (Phi) is 3.92. The predicted molar refractivity (Wildman–Crippen MR) is 85.0 cm³/mol. The molecule has 21 heavy (non-hydrogen) atoms. The molecule has 110 valence electrons. The van der Waals surface area contributed by atoms with E-state index in [4.69, 9.17) is 5.73 Å². The van der Waals surface area contributed by atoms with Crippen LogP contribution < -0.4 is 15.5 Å². The Morgan fingerprint density at radius 1 is 1.05 bits per heavy atom. The molecule has 0 amide bonds. The number of nitrogen functional groups attached to an aromatic ring is 1. The van der Waals surface area contributed by atoms with Crippen molar-refractivity contribution in [2.75, 3.05) is 41.7 Å². The minimum Gasteiger partial charge on any atom is -0.368 e. The van der Waals surface area contributed by atoms with Crippen LogP contribution in [0, 0.1) is 5.82 Å². The SMILES string of the molecule is Nc1ncc(Br)c(N2CCN(c3ccc(F)cc3)CC2)n1. The van der Waals surface area contributed by atoms with Crippen molar-refractivity contribution in [2.24, 2.45) is 0 Å². The maximum absolute atomic E-state index is 13.0. The molecule has 5 nitrogen and oxygen atoms in total. The Hall–Kier alpha value is -1.89. The van der Waals surface area contributed by atoms with Crippen molar-refractivity contribution in [3.05, 3.63) is 40.8 Å². The van der Waals surface area contributed by atoms with Gasteiger partial charge < -0.3 is 15.5 Å². The molecule has 0 aliphatic carbocycles. The second-order valence-corrected chi connectivity index (χ2v) is 5.70. The second-order valence-electron chi connectivity index (χ2n) is 4.85. The first kappa shape index (κ1) is 14.1. The van der Waals surface area contributed by atoms with Gasteiger partial charge in [-0.3, -0.25) is 0 Å². The smallest absolute Gasteiger partial charge is 0.222 e. The van der Waals surface area contributed by atoms with Crippen LogP contribution in [0.3, 0.4) is 0 Å². The molecule has 1 aromatic heterocycles. The summed E-state index contributed by atoms with van der Waals surface area (Å²) in [6.45, 7) is 3.35. The number of aromatic nitrogens is 2. The van der Waals surface area contributed by atoms with Crippen LogP contribution in [0.4, 0.5) is 21.8 Å². The molecule has 2 aromatic rings. The van der Waals surface area contributed by atoms with Crippen LogP contribution in [-0.2, 0) is 0 Å². The molecule has 1 aliphatic rings. The number of nitrogens with two attached hydrogens (primary N) is 1. The monoisotopic (exact) mass is 351 g/mol. The minimum absolute atomic E-state index is 0.210. The molecule has 2 N–H and O–H groups in total. The maximum atomic E-state index is 13.0. The number of rotatable bonds is 2. The second kappa shape index (κ2) is 5.85. The van der Waals surface area contributed by atoms with Crippen LogP contribution in [0.25, 0.3) is 0 Å². The quantitative estimate of drug-likeness (QED) is 0.899. The highest BCUT2D eigenvalue weighted by Gasteiger charge is 2.20. The van der Waals surface area contributed by atoms with Gasteiger partial charge in [-0.15, -0.1) is 0 Å². The van der Waals surface area contributed by atoms with E-state index < -0.39 is 0 Å². The van der Waals surface area contributed by atoms with Crippen molar-refractivity contribution in [1.82, 2.24) is 9.97 Å². The number of halogens is 2. The fraction of sp³-hybridized carbons (Fsp3) is 0.286. The van der Waals surface area contributed by atoms with Gasteiger partial charge in [0.15, 0.2) is 0 Å². The Bertz CT molecular complexity index is 626. The van der Waals surface area contributed by atoms with Crippen LogP contribution in [0.2, 0.25) is 0 Å². The average Bonchev–Trinajstić information content (AvgIpc) is 2.51. The number of piperazine rings is 1. The van der Waals surface area contributed by atoms with Gasteiger partial charge in [0.1, 0.15) is 11.6 Å². The molecule has 7 heteroatoms. The summed E-state index contributed by atoms with van der Waals surface area (Å²) in [6.07, 6.45) is 1.67. The van der Waals surface area contributed by atoms with Crippen LogP contribution >= 0.6 is 15.9 Å². The van der Waals surface area contributed by atoms with E-state index in [-0.39, 0.29) is 11.8 Å². The summed E-state index contributed by atoms with van der Waals surface area (Å²) in [4.78, 5) is 12.6. The lowest BCUT2D eigenvalue weighted by Crippen LogP contribution is -2.47. The van der Waals surface area contributed by atoms with Crippen LogP contribution in [0.1, 0.15) is 0 Å². The zero-order valence-corrected chi connectivity index (χ0v) is 12.9. The number of benzene rings is 1. The van der Waals surface area contributed by atoms with Gasteiger partial charge in [0.2, 0.25) is 5.95 Å². The molecule has 1 fully saturated rings. The number of hydrogen-bond acceptors (Lipinski definition) is 5. The zero-order chi connectivity index (χ0) is 14.8. The molecule has 0 spiro atoms. The molecule has 0 atom stereocenters. The molecule has 0 bridgehead atoms. The maximum Gasteiger partial charge on any atom is 0.222 e. The minimum atomic E-state index is -0.210. The zero-order valence-electron chi connectivity index (χ0n) is 11.3. The molecule has 0 radical (unpaired) electrons. The lowest BCUT2D eigenvalue weighted by atomic mass is 10.2. The summed E-state index contributed by atoms with van der Waals surface area (Å²) in [5.74, 6) is 0.883. The highest BCUT2D eigenvalue weighted by molar-refractivity contribution is 9.10. The summed E-state index contributed by atoms with van der Waals surface area (Å²) < 4.78 is 13.8. The first-order chi connectivity index (χ1) is 10.1. The number of anilines is 3. The van der Waals surface area contributed by atoms with Gasteiger partial charge in [-0.2, -0.15) is 4.98 Å². The van der Waals surface area contributed by atoms with Crippen molar-refractivity contribution >= 4 is 33.4 Å².